The molecule has 1 N–H and O–H groups in total. The van der Waals surface area contributed by atoms with Crippen molar-refractivity contribution in [1.82, 2.24) is 4.98 Å². The molecule has 3 heterocycles. The number of nitrogens with zero attached hydrogens (tertiary/aromatic N) is 2. The Bertz CT molecular complexity index is 1060. The molecule has 1 fully saturated rings. The summed E-state index contributed by atoms with van der Waals surface area (Å²) in [5.41, 5.74) is 3.41. The minimum absolute atomic E-state index is 0.115. The van der Waals surface area contributed by atoms with E-state index in [-0.39, 0.29) is 5.91 Å². The van der Waals surface area contributed by atoms with Gasteiger partial charge in [-0.05, 0) is 54.8 Å². The number of thiazole rings is 1. The number of aromatic nitrogens is 1. The van der Waals surface area contributed by atoms with Crippen molar-refractivity contribution in [2.45, 2.75) is 25.4 Å². The maximum absolute atomic E-state index is 12.7. The number of carbonyl (C=O) groups is 1. The number of hydrogen-bond acceptors (Lipinski definition) is 6. The zero-order valence-corrected chi connectivity index (χ0v) is 17.1. The first kappa shape index (κ1) is 18.4. The highest BCUT2D eigenvalue weighted by Crippen LogP contribution is 2.32. The molecule has 2 aliphatic heterocycles. The van der Waals surface area contributed by atoms with E-state index in [2.05, 4.69) is 10.2 Å². The van der Waals surface area contributed by atoms with E-state index in [0.29, 0.717) is 18.3 Å². The molecule has 0 saturated carbocycles. The number of ether oxygens (including phenoxy) is 2. The lowest BCUT2D eigenvalue weighted by atomic mass is 10.1. The molecule has 0 spiro atoms. The first-order valence-corrected chi connectivity index (χ1v) is 10.8. The number of piperidine rings is 1. The van der Waals surface area contributed by atoms with E-state index >= 15 is 0 Å². The molecule has 5 rings (SSSR count). The number of amides is 1. The molecule has 1 aromatic heterocycles. The Labute approximate surface area is 173 Å². The minimum atomic E-state index is -0.115. The Balaban J connectivity index is 1.31. The number of methoxy groups -OCH3 is 1. The van der Waals surface area contributed by atoms with Crippen molar-refractivity contribution in [2.24, 2.45) is 0 Å². The zero-order chi connectivity index (χ0) is 19.8. The van der Waals surface area contributed by atoms with E-state index in [9.17, 15) is 4.79 Å². The predicted molar refractivity (Wildman–Crippen MR) is 115 cm³/mol. The highest BCUT2D eigenvalue weighted by Gasteiger charge is 2.21. The van der Waals surface area contributed by atoms with Crippen LogP contribution in [0.5, 0.6) is 5.75 Å². The molecule has 3 aromatic rings. The second-order valence-corrected chi connectivity index (χ2v) is 8.49. The van der Waals surface area contributed by atoms with Crippen molar-refractivity contribution >= 4 is 38.3 Å². The molecular formula is C22H23N3O3S. The third-order valence-electron chi connectivity index (χ3n) is 5.63. The highest BCUT2D eigenvalue weighted by atomic mass is 32.1. The number of fused-ring (bicyclic) bond motifs is 2. The summed E-state index contributed by atoms with van der Waals surface area (Å²) < 4.78 is 12.1. The maximum atomic E-state index is 12.7. The van der Waals surface area contributed by atoms with Gasteiger partial charge in [0.25, 0.3) is 5.91 Å². The van der Waals surface area contributed by atoms with Crippen molar-refractivity contribution in [3.05, 3.63) is 47.5 Å². The molecule has 6 nitrogen and oxygen atoms in total. The summed E-state index contributed by atoms with van der Waals surface area (Å²) in [5.74, 6) is 0.767. The quantitative estimate of drug-likeness (QED) is 0.703. The third kappa shape index (κ3) is 3.68. The molecule has 0 aliphatic carbocycles. The number of rotatable bonds is 4. The van der Waals surface area contributed by atoms with Crippen LogP contribution >= 0.6 is 11.3 Å². The second kappa shape index (κ2) is 7.65. The van der Waals surface area contributed by atoms with Crippen molar-refractivity contribution in [3.63, 3.8) is 0 Å². The molecule has 0 atom stereocenters. The van der Waals surface area contributed by atoms with Gasteiger partial charge in [-0.25, -0.2) is 4.98 Å². The van der Waals surface area contributed by atoms with E-state index < -0.39 is 0 Å². The van der Waals surface area contributed by atoms with Gasteiger partial charge in [0.2, 0.25) is 0 Å². The summed E-state index contributed by atoms with van der Waals surface area (Å²) in [7, 11) is 1.78. The molecule has 1 saturated heterocycles. The lowest BCUT2D eigenvalue weighted by Gasteiger charge is -2.30. The van der Waals surface area contributed by atoms with Crippen LogP contribution in [0.2, 0.25) is 0 Å². The number of benzene rings is 2. The predicted octanol–water partition coefficient (Wildman–Crippen LogP) is 4.10. The van der Waals surface area contributed by atoms with Crippen LogP contribution in [0, 0.1) is 0 Å². The standard InChI is InChI=1S/C22H23N3O3S/c1-27-17-6-9-25(10-7-17)22-24-18-13-16(3-5-20(18)29-22)23-21(26)15-2-4-19-14(12-15)8-11-28-19/h2-5,12-13,17H,6-11H2,1H3,(H,23,26). The second-order valence-electron chi connectivity index (χ2n) is 7.48. The van der Waals surface area contributed by atoms with Gasteiger partial charge in [0.1, 0.15) is 5.75 Å². The van der Waals surface area contributed by atoms with Crippen LogP contribution in [0.4, 0.5) is 10.8 Å². The minimum Gasteiger partial charge on any atom is -0.493 e. The van der Waals surface area contributed by atoms with Crippen molar-refractivity contribution in [1.29, 1.82) is 0 Å². The van der Waals surface area contributed by atoms with E-state index in [1.165, 1.54) is 0 Å². The topological polar surface area (TPSA) is 63.7 Å². The molecule has 150 valence electrons. The van der Waals surface area contributed by atoms with Gasteiger partial charge >= 0.3 is 0 Å². The van der Waals surface area contributed by atoms with Gasteiger partial charge in [-0.2, -0.15) is 0 Å². The van der Waals surface area contributed by atoms with Crippen LogP contribution in [0.3, 0.4) is 0 Å². The molecule has 2 aromatic carbocycles. The lowest BCUT2D eigenvalue weighted by molar-refractivity contribution is 0.0819. The number of carbonyl (C=O) groups excluding carboxylic acids is 1. The SMILES string of the molecule is COC1CCN(c2nc3cc(NC(=O)c4ccc5c(c4)CCO5)ccc3s2)CC1. The first-order valence-electron chi connectivity index (χ1n) is 9.95. The van der Waals surface area contributed by atoms with Crippen molar-refractivity contribution in [2.75, 3.05) is 37.0 Å². The smallest absolute Gasteiger partial charge is 0.255 e. The average molecular weight is 410 g/mol. The molecular weight excluding hydrogens is 386 g/mol. The van der Waals surface area contributed by atoms with Crippen molar-refractivity contribution in [3.8, 4) is 5.75 Å². The highest BCUT2D eigenvalue weighted by molar-refractivity contribution is 7.22. The van der Waals surface area contributed by atoms with Gasteiger partial charge in [0.05, 0.1) is 22.9 Å². The average Bonchev–Trinajstić information content (AvgIpc) is 3.39. The Hall–Kier alpha value is -2.64. The largest absolute Gasteiger partial charge is 0.493 e. The lowest BCUT2D eigenvalue weighted by Crippen LogP contribution is -2.36. The van der Waals surface area contributed by atoms with Gasteiger partial charge in [-0.1, -0.05) is 11.3 Å². The number of anilines is 2. The van der Waals surface area contributed by atoms with E-state index in [1.54, 1.807) is 18.4 Å². The van der Waals surface area contributed by atoms with Crippen LogP contribution in [0.1, 0.15) is 28.8 Å². The fraction of sp³-hybridized carbons (Fsp3) is 0.364. The molecule has 29 heavy (non-hydrogen) atoms. The van der Waals surface area contributed by atoms with Gasteiger partial charge in [-0.15, -0.1) is 0 Å². The Morgan fingerprint density at radius 1 is 1.24 bits per heavy atom. The Kier molecular flexibility index (Phi) is 4.85. The van der Waals surface area contributed by atoms with Crippen LogP contribution in [-0.4, -0.2) is 43.8 Å². The number of nitrogens with one attached hydrogen (secondary N) is 1. The fourth-order valence-electron chi connectivity index (χ4n) is 3.94. The van der Waals surface area contributed by atoms with Crippen LogP contribution in [0.15, 0.2) is 36.4 Å². The maximum Gasteiger partial charge on any atom is 0.255 e. The fourth-order valence-corrected chi connectivity index (χ4v) is 4.94. The van der Waals surface area contributed by atoms with Crippen LogP contribution in [-0.2, 0) is 11.2 Å². The summed E-state index contributed by atoms with van der Waals surface area (Å²) in [4.78, 5) is 19.8. The summed E-state index contributed by atoms with van der Waals surface area (Å²) in [5, 5.41) is 4.04. The summed E-state index contributed by atoms with van der Waals surface area (Å²) in [6.45, 7) is 2.61. The molecule has 0 radical (unpaired) electrons. The third-order valence-corrected chi connectivity index (χ3v) is 6.73. The number of hydrogen-bond donors (Lipinski definition) is 1. The summed E-state index contributed by atoms with van der Waals surface area (Å²) in [6.07, 6.45) is 3.26. The first-order chi connectivity index (χ1) is 14.2. The molecule has 2 aliphatic rings. The molecule has 7 heteroatoms. The van der Waals surface area contributed by atoms with E-state index in [1.807, 2.05) is 36.4 Å². The van der Waals surface area contributed by atoms with E-state index in [4.69, 9.17) is 14.5 Å². The summed E-state index contributed by atoms with van der Waals surface area (Å²) in [6, 6.07) is 11.5. The van der Waals surface area contributed by atoms with E-state index in [0.717, 1.165) is 64.7 Å². The van der Waals surface area contributed by atoms with Gasteiger partial charge in [0, 0.05) is 37.9 Å². The molecule has 0 unspecified atom stereocenters. The van der Waals surface area contributed by atoms with Crippen molar-refractivity contribution < 1.29 is 14.3 Å². The monoisotopic (exact) mass is 409 g/mol. The van der Waals surface area contributed by atoms with Gasteiger partial charge < -0.3 is 19.7 Å². The van der Waals surface area contributed by atoms with Gasteiger partial charge in [-0.3, -0.25) is 4.79 Å². The Morgan fingerprint density at radius 3 is 2.93 bits per heavy atom. The zero-order valence-electron chi connectivity index (χ0n) is 16.3. The normalized spacial score (nSPS) is 16.7. The van der Waals surface area contributed by atoms with Crippen LogP contribution < -0.4 is 15.0 Å². The Morgan fingerprint density at radius 2 is 2.10 bits per heavy atom. The summed E-state index contributed by atoms with van der Waals surface area (Å²) >= 11 is 1.70. The van der Waals surface area contributed by atoms with Gasteiger partial charge in [0.15, 0.2) is 5.13 Å². The van der Waals surface area contributed by atoms with Crippen LogP contribution in [0.25, 0.3) is 10.2 Å². The molecule has 0 bridgehead atoms. The molecule has 1 amide bonds.